The summed E-state index contributed by atoms with van der Waals surface area (Å²) in [4.78, 5) is 8.33. The number of hydrogen-bond donors (Lipinski definition) is 1. The lowest BCUT2D eigenvalue weighted by Crippen LogP contribution is -2.14. The molecule has 1 unspecified atom stereocenters. The minimum atomic E-state index is -4.33. The zero-order chi connectivity index (χ0) is 15.5. The number of thioether (sulfide) groups is 1. The molecule has 112 valence electrons. The number of halogens is 3. The van der Waals surface area contributed by atoms with Crippen molar-refractivity contribution < 1.29 is 13.2 Å². The van der Waals surface area contributed by atoms with Gasteiger partial charge in [-0.3, -0.25) is 0 Å². The summed E-state index contributed by atoms with van der Waals surface area (Å²) in [7, 11) is 0. The van der Waals surface area contributed by atoms with Gasteiger partial charge in [-0.25, -0.2) is 9.97 Å². The molecule has 21 heavy (non-hydrogen) atoms. The van der Waals surface area contributed by atoms with Crippen LogP contribution in [0.15, 0.2) is 41.7 Å². The van der Waals surface area contributed by atoms with Crippen LogP contribution in [0.4, 0.5) is 13.2 Å². The molecule has 1 heterocycles. The first-order chi connectivity index (χ1) is 9.86. The summed E-state index contributed by atoms with van der Waals surface area (Å²) < 4.78 is 37.4. The Labute approximate surface area is 124 Å². The zero-order valence-electron chi connectivity index (χ0n) is 11.3. The van der Waals surface area contributed by atoms with E-state index in [-0.39, 0.29) is 6.04 Å². The Kier molecular flexibility index (Phi) is 4.84. The van der Waals surface area contributed by atoms with Gasteiger partial charge in [0, 0.05) is 23.7 Å². The predicted molar refractivity (Wildman–Crippen MR) is 75.9 cm³/mol. The molecule has 2 rings (SSSR count). The van der Waals surface area contributed by atoms with E-state index in [1.54, 1.807) is 12.3 Å². The maximum atomic E-state index is 12.5. The van der Waals surface area contributed by atoms with E-state index >= 15 is 0 Å². The molecule has 0 radical (unpaired) electrons. The molecule has 1 aromatic carbocycles. The second kappa shape index (κ2) is 6.44. The number of aryl methyl sites for hydroxylation is 1. The van der Waals surface area contributed by atoms with Crippen LogP contribution in [-0.2, 0) is 6.18 Å². The fraction of sp³-hybridized carbons (Fsp3) is 0.286. The van der Waals surface area contributed by atoms with E-state index < -0.39 is 11.7 Å². The van der Waals surface area contributed by atoms with E-state index in [1.807, 2.05) is 6.92 Å². The van der Waals surface area contributed by atoms with E-state index in [1.165, 1.54) is 23.9 Å². The summed E-state index contributed by atoms with van der Waals surface area (Å²) in [5.41, 5.74) is 6.82. The summed E-state index contributed by atoms with van der Waals surface area (Å²) in [6, 6.07) is 6.32. The van der Waals surface area contributed by atoms with Gasteiger partial charge < -0.3 is 5.73 Å². The maximum Gasteiger partial charge on any atom is 0.416 e. The number of alkyl halides is 3. The van der Waals surface area contributed by atoms with Crippen LogP contribution >= 0.6 is 11.8 Å². The van der Waals surface area contributed by atoms with Crippen molar-refractivity contribution in [2.75, 3.05) is 5.75 Å². The molecule has 1 aromatic heterocycles. The Morgan fingerprint density at radius 1 is 1.19 bits per heavy atom. The SMILES string of the molecule is Cc1ccnc(SCC(N)c2ccc(C(F)(F)F)cc2)n1. The first kappa shape index (κ1) is 15.8. The monoisotopic (exact) mass is 313 g/mol. The van der Waals surface area contributed by atoms with Crippen molar-refractivity contribution >= 4 is 11.8 Å². The Hall–Kier alpha value is -1.60. The van der Waals surface area contributed by atoms with Crippen molar-refractivity contribution in [1.82, 2.24) is 9.97 Å². The van der Waals surface area contributed by atoms with Crippen molar-refractivity contribution in [1.29, 1.82) is 0 Å². The van der Waals surface area contributed by atoms with E-state index in [0.29, 0.717) is 16.5 Å². The predicted octanol–water partition coefficient (Wildman–Crippen LogP) is 3.60. The lowest BCUT2D eigenvalue weighted by atomic mass is 10.1. The molecule has 2 N–H and O–H groups in total. The van der Waals surface area contributed by atoms with Crippen molar-refractivity contribution in [3.63, 3.8) is 0 Å². The summed E-state index contributed by atoms with van der Waals surface area (Å²) in [6.07, 6.45) is -2.67. The lowest BCUT2D eigenvalue weighted by molar-refractivity contribution is -0.137. The number of hydrogen-bond acceptors (Lipinski definition) is 4. The van der Waals surface area contributed by atoms with Gasteiger partial charge in [-0.2, -0.15) is 13.2 Å². The Bertz CT molecular complexity index is 599. The van der Waals surface area contributed by atoms with Gasteiger partial charge in [0.2, 0.25) is 0 Å². The molecule has 0 spiro atoms. The highest BCUT2D eigenvalue weighted by Gasteiger charge is 2.30. The molecule has 0 aliphatic rings. The lowest BCUT2D eigenvalue weighted by Gasteiger charge is -2.13. The van der Waals surface area contributed by atoms with Gasteiger partial charge in [-0.05, 0) is 30.7 Å². The van der Waals surface area contributed by atoms with Crippen molar-refractivity contribution in [3.8, 4) is 0 Å². The van der Waals surface area contributed by atoms with Crippen molar-refractivity contribution in [2.24, 2.45) is 5.73 Å². The van der Waals surface area contributed by atoms with Gasteiger partial charge >= 0.3 is 6.18 Å². The Morgan fingerprint density at radius 2 is 1.86 bits per heavy atom. The molecule has 3 nitrogen and oxygen atoms in total. The largest absolute Gasteiger partial charge is 0.416 e. The third kappa shape index (κ3) is 4.44. The first-order valence-corrected chi connectivity index (χ1v) is 7.20. The molecule has 2 aromatic rings. The summed E-state index contributed by atoms with van der Waals surface area (Å²) in [5.74, 6) is 0.495. The van der Waals surface area contributed by atoms with E-state index in [2.05, 4.69) is 9.97 Å². The number of nitrogens with zero attached hydrogens (tertiary/aromatic N) is 2. The van der Waals surface area contributed by atoms with Crippen LogP contribution in [0.5, 0.6) is 0 Å². The molecular formula is C14H14F3N3S. The molecule has 0 fully saturated rings. The van der Waals surface area contributed by atoms with Crippen LogP contribution < -0.4 is 5.73 Å². The molecule has 0 amide bonds. The standard InChI is InChI=1S/C14H14F3N3S/c1-9-6-7-19-13(20-9)21-8-12(18)10-2-4-11(5-3-10)14(15,16)17/h2-7,12H,8,18H2,1H3. The molecular weight excluding hydrogens is 299 g/mol. The van der Waals surface area contributed by atoms with Crippen LogP contribution in [0.3, 0.4) is 0 Å². The van der Waals surface area contributed by atoms with Crippen LogP contribution in [0.25, 0.3) is 0 Å². The van der Waals surface area contributed by atoms with Gasteiger partial charge in [0.15, 0.2) is 5.16 Å². The third-order valence-electron chi connectivity index (χ3n) is 2.83. The summed E-state index contributed by atoms with van der Waals surface area (Å²) in [6.45, 7) is 1.86. The second-order valence-electron chi connectivity index (χ2n) is 4.52. The van der Waals surface area contributed by atoms with Crippen LogP contribution in [-0.4, -0.2) is 15.7 Å². The van der Waals surface area contributed by atoms with E-state index in [9.17, 15) is 13.2 Å². The Balaban J connectivity index is 1.99. The molecule has 0 saturated heterocycles. The summed E-state index contributed by atoms with van der Waals surface area (Å²) >= 11 is 1.38. The zero-order valence-corrected chi connectivity index (χ0v) is 12.1. The molecule has 1 atom stereocenters. The van der Waals surface area contributed by atoms with Crippen molar-refractivity contribution in [2.45, 2.75) is 24.3 Å². The van der Waals surface area contributed by atoms with Gasteiger partial charge in [0.1, 0.15) is 0 Å². The van der Waals surface area contributed by atoms with Gasteiger partial charge in [0.25, 0.3) is 0 Å². The van der Waals surface area contributed by atoms with E-state index in [0.717, 1.165) is 17.8 Å². The number of benzene rings is 1. The normalized spacial score (nSPS) is 13.2. The van der Waals surface area contributed by atoms with Gasteiger partial charge in [-0.15, -0.1) is 0 Å². The molecule has 0 saturated carbocycles. The van der Waals surface area contributed by atoms with Crippen LogP contribution in [0.1, 0.15) is 22.9 Å². The summed E-state index contributed by atoms with van der Waals surface area (Å²) in [5, 5.41) is 0.609. The number of rotatable bonds is 4. The minimum Gasteiger partial charge on any atom is -0.323 e. The molecule has 0 aliphatic heterocycles. The molecule has 7 heteroatoms. The fourth-order valence-corrected chi connectivity index (χ4v) is 2.54. The minimum absolute atomic E-state index is 0.374. The highest BCUT2D eigenvalue weighted by Crippen LogP contribution is 2.30. The third-order valence-corrected chi connectivity index (χ3v) is 3.81. The topological polar surface area (TPSA) is 51.8 Å². The number of aromatic nitrogens is 2. The van der Waals surface area contributed by atoms with Gasteiger partial charge in [-0.1, -0.05) is 23.9 Å². The highest BCUT2D eigenvalue weighted by molar-refractivity contribution is 7.99. The first-order valence-electron chi connectivity index (χ1n) is 6.21. The maximum absolute atomic E-state index is 12.5. The Morgan fingerprint density at radius 3 is 2.43 bits per heavy atom. The highest BCUT2D eigenvalue weighted by atomic mass is 32.2. The average molecular weight is 313 g/mol. The molecule has 0 aliphatic carbocycles. The fourth-order valence-electron chi connectivity index (χ4n) is 1.68. The van der Waals surface area contributed by atoms with Gasteiger partial charge in [0.05, 0.1) is 5.56 Å². The second-order valence-corrected chi connectivity index (χ2v) is 5.51. The van der Waals surface area contributed by atoms with Crippen molar-refractivity contribution in [3.05, 3.63) is 53.3 Å². The number of nitrogens with two attached hydrogens (primary N) is 1. The quantitative estimate of drug-likeness (QED) is 0.692. The average Bonchev–Trinajstić information content (AvgIpc) is 2.44. The smallest absolute Gasteiger partial charge is 0.323 e. The van der Waals surface area contributed by atoms with Crippen LogP contribution in [0, 0.1) is 6.92 Å². The van der Waals surface area contributed by atoms with E-state index in [4.69, 9.17) is 5.73 Å². The molecule has 0 bridgehead atoms. The van der Waals surface area contributed by atoms with Crippen LogP contribution in [0.2, 0.25) is 0 Å².